The molecule has 194 valence electrons. The van der Waals surface area contributed by atoms with Gasteiger partial charge in [0, 0.05) is 65.0 Å². The first-order chi connectivity index (χ1) is 16.2. The summed E-state index contributed by atoms with van der Waals surface area (Å²) in [4.78, 5) is 15.4. The average Bonchev–Trinajstić information content (AvgIpc) is 2.85. The highest BCUT2D eigenvalue weighted by Gasteiger charge is 2.50. The van der Waals surface area contributed by atoms with Gasteiger partial charge >= 0.3 is 5.97 Å². The van der Waals surface area contributed by atoms with Crippen molar-refractivity contribution in [2.45, 2.75) is 58.6 Å². The van der Waals surface area contributed by atoms with Crippen molar-refractivity contribution in [1.82, 2.24) is 10.2 Å². The molecule has 0 amide bonds. The Morgan fingerprint density at radius 3 is 2.18 bits per heavy atom. The van der Waals surface area contributed by atoms with Crippen molar-refractivity contribution in [3.05, 3.63) is 24.3 Å². The van der Waals surface area contributed by atoms with Gasteiger partial charge in [-0.05, 0) is 45.0 Å². The molecule has 0 aromatic heterocycles. The summed E-state index contributed by atoms with van der Waals surface area (Å²) in [7, 11) is 1.65. The molecule has 1 aromatic rings. The van der Waals surface area contributed by atoms with Gasteiger partial charge in [0.05, 0.1) is 6.61 Å². The van der Waals surface area contributed by atoms with E-state index in [2.05, 4.69) is 4.90 Å². The molecule has 2 aliphatic rings. The first kappa shape index (κ1) is 28.3. The molecule has 1 aromatic carbocycles. The van der Waals surface area contributed by atoms with Gasteiger partial charge in [-0.1, -0.05) is 13.8 Å². The zero-order valence-electron chi connectivity index (χ0n) is 21.7. The molecule has 0 bridgehead atoms. The normalized spacial score (nSPS) is 18.8. The molecule has 2 fully saturated rings. The molecule has 0 atom stereocenters. The summed E-state index contributed by atoms with van der Waals surface area (Å²) < 4.78 is 21.8. The summed E-state index contributed by atoms with van der Waals surface area (Å²) in [5.41, 5.74) is -0.642. The zero-order valence-corrected chi connectivity index (χ0v) is 21.7. The van der Waals surface area contributed by atoms with Crippen LogP contribution in [0.1, 0.15) is 47.5 Å². The van der Waals surface area contributed by atoms with Crippen LogP contribution >= 0.6 is 0 Å². The van der Waals surface area contributed by atoms with Crippen molar-refractivity contribution in [3.8, 4) is 5.75 Å². The molecule has 34 heavy (non-hydrogen) atoms. The molecular formula is C25H43N3O6. The molecule has 0 spiro atoms. The summed E-state index contributed by atoms with van der Waals surface area (Å²) in [5, 5.41) is 14.1. The van der Waals surface area contributed by atoms with E-state index in [1.807, 2.05) is 63.9 Å². The van der Waals surface area contributed by atoms with Crippen molar-refractivity contribution in [1.29, 1.82) is 0 Å². The van der Waals surface area contributed by atoms with E-state index in [0.717, 1.165) is 29.7 Å². The number of nitrogens with zero attached hydrogens (tertiary/aromatic N) is 3. The molecule has 2 saturated heterocycles. The van der Waals surface area contributed by atoms with E-state index in [1.165, 1.54) is 0 Å². The third-order valence-corrected chi connectivity index (χ3v) is 5.76. The van der Waals surface area contributed by atoms with E-state index < -0.39 is 17.1 Å². The number of carbonyl (C=O) groups excluding carboxylic acids is 1. The van der Waals surface area contributed by atoms with Gasteiger partial charge in [0.15, 0.2) is 5.54 Å². The highest BCUT2D eigenvalue weighted by atomic mass is 16.6. The first-order valence-corrected chi connectivity index (χ1v) is 12.3. The van der Waals surface area contributed by atoms with Crippen molar-refractivity contribution >= 4 is 11.7 Å². The zero-order chi connectivity index (χ0) is 25.2. The van der Waals surface area contributed by atoms with E-state index in [1.54, 1.807) is 7.11 Å². The fourth-order valence-corrected chi connectivity index (χ4v) is 3.98. The summed E-state index contributed by atoms with van der Waals surface area (Å²) in [6.45, 7) is 14.0. The number of piperazine rings is 1. The number of hydrogen-bond acceptors (Lipinski definition) is 9. The number of ether oxygens (including phenoxy) is 4. The molecule has 0 radical (unpaired) electrons. The highest BCUT2D eigenvalue weighted by Crippen LogP contribution is 2.32. The molecule has 0 unspecified atom stereocenters. The minimum absolute atomic E-state index is 0.392. The number of anilines is 1. The number of esters is 1. The van der Waals surface area contributed by atoms with Crippen LogP contribution in [0.4, 0.5) is 5.69 Å². The Balaban J connectivity index is 0.00000199. The van der Waals surface area contributed by atoms with Gasteiger partial charge in [-0.3, -0.25) is 5.21 Å². The maximum Gasteiger partial charge on any atom is 0.331 e. The Hall–Kier alpha value is -1.91. The van der Waals surface area contributed by atoms with Crippen molar-refractivity contribution in [2.75, 3.05) is 64.6 Å². The second-order valence-corrected chi connectivity index (χ2v) is 9.21. The lowest BCUT2D eigenvalue weighted by molar-refractivity contribution is -0.316. The Morgan fingerprint density at radius 2 is 1.65 bits per heavy atom. The topological polar surface area (TPSA) is 83.9 Å². The quantitative estimate of drug-likeness (QED) is 0.341. The number of rotatable bonds is 8. The van der Waals surface area contributed by atoms with Gasteiger partial charge in [0.1, 0.15) is 18.0 Å². The van der Waals surface area contributed by atoms with Crippen LogP contribution in [0.15, 0.2) is 24.3 Å². The fourth-order valence-electron chi connectivity index (χ4n) is 3.98. The maximum atomic E-state index is 13.1. The monoisotopic (exact) mass is 481 g/mol. The predicted molar refractivity (Wildman–Crippen MR) is 131 cm³/mol. The molecule has 9 nitrogen and oxygen atoms in total. The maximum absolute atomic E-state index is 13.1. The average molecular weight is 482 g/mol. The largest absolute Gasteiger partial charge is 0.491 e. The fraction of sp³-hybridized carbons (Fsp3) is 0.720. The Morgan fingerprint density at radius 1 is 1.06 bits per heavy atom. The van der Waals surface area contributed by atoms with Crippen LogP contribution in [0, 0.1) is 0 Å². The predicted octanol–water partition coefficient (Wildman–Crippen LogP) is 3.36. The number of benzene rings is 1. The van der Waals surface area contributed by atoms with Gasteiger partial charge in [-0.25, -0.2) is 9.80 Å². The van der Waals surface area contributed by atoms with Gasteiger partial charge < -0.3 is 23.8 Å². The van der Waals surface area contributed by atoms with Crippen LogP contribution in [-0.4, -0.2) is 92.2 Å². The lowest BCUT2D eigenvalue weighted by Gasteiger charge is -2.48. The Kier molecular flexibility index (Phi) is 11.0. The lowest BCUT2D eigenvalue weighted by atomic mass is 9.90. The lowest BCUT2D eigenvalue weighted by Crippen LogP contribution is -2.66. The summed E-state index contributed by atoms with van der Waals surface area (Å²) >= 11 is 0. The van der Waals surface area contributed by atoms with Crippen molar-refractivity contribution < 1.29 is 28.9 Å². The Bertz CT molecular complexity index is 723. The molecular weight excluding hydrogens is 438 g/mol. The summed E-state index contributed by atoms with van der Waals surface area (Å²) in [5.74, 6) is 0.409. The molecule has 0 aliphatic carbocycles. The molecule has 9 heteroatoms. The second kappa shape index (κ2) is 13.3. The van der Waals surface area contributed by atoms with Crippen LogP contribution in [0.2, 0.25) is 0 Å². The van der Waals surface area contributed by atoms with E-state index in [0.29, 0.717) is 52.4 Å². The summed E-state index contributed by atoms with van der Waals surface area (Å²) in [6, 6.07) is 7.98. The molecule has 3 rings (SSSR count). The Labute approximate surface area is 204 Å². The minimum Gasteiger partial charge on any atom is -0.491 e. The van der Waals surface area contributed by atoms with Gasteiger partial charge in [-0.2, -0.15) is 0 Å². The van der Waals surface area contributed by atoms with Gasteiger partial charge in [0.2, 0.25) is 0 Å². The number of hydrogen-bond donors (Lipinski definition) is 1. The third-order valence-electron chi connectivity index (χ3n) is 5.76. The van der Waals surface area contributed by atoms with Gasteiger partial charge in [0.25, 0.3) is 0 Å². The molecule has 0 saturated carbocycles. The highest BCUT2D eigenvalue weighted by molar-refractivity contribution is 5.81. The van der Waals surface area contributed by atoms with Gasteiger partial charge in [-0.15, -0.1) is 5.17 Å². The van der Waals surface area contributed by atoms with Crippen LogP contribution < -0.4 is 9.64 Å². The van der Waals surface area contributed by atoms with Crippen LogP contribution in [0.5, 0.6) is 5.75 Å². The van der Waals surface area contributed by atoms with Crippen LogP contribution in [0.25, 0.3) is 0 Å². The van der Waals surface area contributed by atoms with E-state index in [9.17, 15) is 10.0 Å². The second-order valence-electron chi connectivity index (χ2n) is 9.21. The van der Waals surface area contributed by atoms with E-state index in [4.69, 9.17) is 18.9 Å². The van der Waals surface area contributed by atoms with E-state index in [-0.39, 0.29) is 0 Å². The number of hydroxylamine groups is 1. The van der Waals surface area contributed by atoms with Crippen LogP contribution in [0.3, 0.4) is 0 Å². The minimum atomic E-state index is -1.12. The standard InChI is InChI=1S/C23H37N3O6.C2H6/c1-22(2,3)32-21(27)23(9-15-30-16-10-23)26(28)25-13-11-24(12-14-25)19-5-7-20(8-6-19)31-18-17-29-4;1-2/h5-8,28H,9-18H2,1-4H3;1-2H3. The molecule has 1 N–H and O–H groups in total. The molecule has 2 aliphatic heterocycles. The third kappa shape index (κ3) is 7.55. The SMILES string of the molecule is CC.COCCOc1ccc(N2CCN(N(O)C3(C(=O)OC(C)(C)C)CCOCC3)CC2)cc1. The van der Waals surface area contributed by atoms with Crippen molar-refractivity contribution in [2.24, 2.45) is 0 Å². The van der Waals surface area contributed by atoms with E-state index >= 15 is 0 Å². The number of carbonyl (C=O) groups is 1. The number of methoxy groups -OCH3 is 1. The smallest absolute Gasteiger partial charge is 0.331 e. The molecule has 2 heterocycles. The first-order valence-electron chi connectivity index (χ1n) is 12.3. The number of hydrazine groups is 1. The van der Waals surface area contributed by atoms with Crippen LogP contribution in [-0.2, 0) is 19.0 Å². The van der Waals surface area contributed by atoms with Crippen molar-refractivity contribution in [3.63, 3.8) is 0 Å². The summed E-state index contributed by atoms with van der Waals surface area (Å²) in [6.07, 6.45) is 0.784.